The van der Waals surface area contributed by atoms with E-state index < -0.39 is 0 Å². The van der Waals surface area contributed by atoms with Crippen molar-refractivity contribution in [2.45, 2.75) is 31.8 Å². The Hall–Kier alpha value is -2.60. The van der Waals surface area contributed by atoms with E-state index in [-0.39, 0.29) is 5.91 Å². The molecule has 1 saturated heterocycles. The molecule has 136 valence electrons. The molecule has 0 radical (unpaired) electrons. The molecule has 1 aliphatic rings. The van der Waals surface area contributed by atoms with Crippen molar-refractivity contribution in [1.29, 1.82) is 0 Å². The van der Waals surface area contributed by atoms with Crippen LogP contribution in [0.25, 0.3) is 5.65 Å². The monoisotopic (exact) mass is 351 g/mol. The molecule has 4 rings (SSSR count). The van der Waals surface area contributed by atoms with Crippen molar-refractivity contribution in [2.24, 2.45) is 7.05 Å². The number of amides is 1. The summed E-state index contributed by atoms with van der Waals surface area (Å²) in [5, 5.41) is 2.72. The Morgan fingerprint density at radius 2 is 2.15 bits per heavy atom. The molecule has 26 heavy (non-hydrogen) atoms. The molecular formula is C20H25N5O. The van der Waals surface area contributed by atoms with Crippen molar-refractivity contribution in [3.63, 3.8) is 0 Å². The van der Waals surface area contributed by atoms with Gasteiger partial charge in [-0.25, -0.2) is 4.98 Å². The SMILES string of the molecule is CNC(=O)c1ccc([C@H]2CCCCN2Cc2cn3ccccc3n2)n1C. The van der Waals surface area contributed by atoms with E-state index in [0.29, 0.717) is 11.7 Å². The zero-order valence-electron chi connectivity index (χ0n) is 15.4. The fraction of sp³-hybridized carbons (Fsp3) is 0.400. The number of nitrogens with zero attached hydrogens (tertiary/aromatic N) is 4. The summed E-state index contributed by atoms with van der Waals surface area (Å²) in [6.07, 6.45) is 7.68. The molecular weight excluding hydrogens is 326 g/mol. The van der Waals surface area contributed by atoms with Crippen molar-refractivity contribution in [3.8, 4) is 0 Å². The zero-order chi connectivity index (χ0) is 18.1. The van der Waals surface area contributed by atoms with E-state index in [4.69, 9.17) is 4.98 Å². The van der Waals surface area contributed by atoms with E-state index in [9.17, 15) is 4.79 Å². The van der Waals surface area contributed by atoms with Gasteiger partial charge in [0.1, 0.15) is 11.3 Å². The van der Waals surface area contributed by atoms with Crippen LogP contribution in [0.2, 0.25) is 0 Å². The lowest BCUT2D eigenvalue weighted by Crippen LogP contribution is -2.34. The predicted molar refractivity (Wildman–Crippen MR) is 101 cm³/mol. The van der Waals surface area contributed by atoms with Gasteiger partial charge in [0.05, 0.1) is 11.7 Å². The number of hydrogen-bond acceptors (Lipinski definition) is 3. The van der Waals surface area contributed by atoms with Crippen LogP contribution in [-0.4, -0.2) is 38.4 Å². The quantitative estimate of drug-likeness (QED) is 0.786. The van der Waals surface area contributed by atoms with Crippen molar-refractivity contribution in [1.82, 2.24) is 24.2 Å². The fourth-order valence-corrected chi connectivity index (χ4v) is 4.00. The second kappa shape index (κ2) is 6.96. The molecule has 6 nitrogen and oxygen atoms in total. The number of aromatic nitrogens is 3. The van der Waals surface area contributed by atoms with E-state index >= 15 is 0 Å². The normalized spacial score (nSPS) is 18.3. The summed E-state index contributed by atoms with van der Waals surface area (Å²) < 4.78 is 4.10. The number of carbonyl (C=O) groups is 1. The van der Waals surface area contributed by atoms with Crippen LogP contribution in [0, 0.1) is 0 Å². The van der Waals surface area contributed by atoms with Gasteiger partial charge in [-0.2, -0.15) is 0 Å². The van der Waals surface area contributed by atoms with Crippen LogP contribution in [0.3, 0.4) is 0 Å². The number of carbonyl (C=O) groups excluding carboxylic acids is 1. The third-order valence-corrected chi connectivity index (χ3v) is 5.35. The number of hydrogen-bond donors (Lipinski definition) is 1. The Kier molecular flexibility index (Phi) is 4.51. The van der Waals surface area contributed by atoms with E-state index in [1.54, 1.807) is 7.05 Å². The molecule has 0 saturated carbocycles. The first-order valence-corrected chi connectivity index (χ1v) is 9.21. The van der Waals surface area contributed by atoms with Crippen LogP contribution in [0.15, 0.2) is 42.7 Å². The van der Waals surface area contributed by atoms with Gasteiger partial charge in [-0.05, 0) is 43.7 Å². The summed E-state index contributed by atoms with van der Waals surface area (Å²) in [5.41, 5.74) is 3.98. The molecule has 0 spiro atoms. The molecule has 0 aromatic carbocycles. The summed E-state index contributed by atoms with van der Waals surface area (Å²) in [6, 6.07) is 10.4. The minimum atomic E-state index is -0.0403. The number of fused-ring (bicyclic) bond motifs is 1. The number of rotatable bonds is 4. The highest BCUT2D eigenvalue weighted by Gasteiger charge is 2.27. The molecule has 0 bridgehead atoms. The van der Waals surface area contributed by atoms with E-state index in [2.05, 4.69) is 26.9 Å². The third kappa shape index (κ3) is 3.01. The van der Waals surface area contributed by atoms with Crippen LogP contribution in [0.4, 0.5) is 0 Å². The van der Waals surface area contributed by atoms with E-state index in [1.807, 2.05) is 42.1 Å². The Balaban J connectivity index is 1.60. The van der Waals surface area contributed by atoms with Crippen molar-refractivity contribution < 1.29 is 4.79 Å². The highest BCUT2D eigenvalue weighted by Crippen LogP contribution is 2.32. The second-order valence-electron chi connectivity index (χ2n) is 6.96. The van der Waals surface area contributed by atoms with E-state index in [1.165, 1.54) is 18.5 Å². The van der Waals surface area contributed by atoms with Crippen LogP contribution in [-0.2, 0) is 13.6 Å². The molecule has 1 N–H and O–H groups in total. The molecule has 0 unspecified atom stereocenters. The van der Waals surface area contributed by atoms with Crippen molar-refractivity contribution >= 4 is 11.6 Å². The fourth-order valence-electron chi connectivity index (χ4n) is 4.00. The molecule has 0 aliphatic carbocycles. The zero-order valence-corrected chi connectivity index (χ0v) is 15.4. The highest BCUT2D eigenvalue weighted by molar-refractivity contribution is 5.92. The first kappa shape index (κ1) is 16.8. The maximum Gasteiger partial charge on any atom is 0.267 e. The van der Waals surface area contributed by atoms with Crippen LogP contribution in [0.5, 0.6) is 0 Å². The first-order chi connectivity index (χ1) is 12.7. The minimum Gasteiger partial charge on any atom is -0.354 e. The van der Waals surface area contributed by atoms with Gasteiger partial charge < -0.3 is 14.3 Å². The Morgan fingerprint density at radius 1 is 1.27 bits per heavy atom. The molecule has 6 heteroatoms. The average Bonchev–Trinajstić information content (AvgIpc) is 3.24. The van der Waals surface area contributed by atoms with E-state index in [0.717, 1.165) is 30.9 Å². The molecule has 4 heterocycles. The van der Waals surface area contributed by atoms with Gasteiger partial charge in [0.2, 0.25) is 0 Å². The van der Waals surface area contributed by atoms with Gasteiger partial charge in [-0.3, -0.25) is 9.69 Å². The average molecular weight is 351 g/mol. The predicted octanol–water partition coefficient (Wildman–Crippen LogP) is 2.76. The molecule has 1 aliphatic heterocycles. The largest absolute Gasteiger partial charge is 0.354 e. The van der Waals surface area contributed by atoms with Gasteiger partial charge in [0.15, 0.2) is 0 Å². The standard InChI is InChI=1S/C20H25N5O/c1-21-20(26)18-10-9-16(23(18)2)17-7-3-5-11-24(17)13-15-14-25-12-6-4-8-19(25)22-15/h4,6,8-10,12,14,17H,3,5,7,11,13H2,1-2H3,(H,21,26)/t17-/m1/s1. The Morgan fingerprint density at radius 3 is 2.96 bits per heavy atom. The van der Waals surface area contributed by atoms with Gasteiger partial charge in [-0.1, -0.05) is 12.5 Å². The summed E-state index contributed by atoms with van der Waals surface area (Å²) in [6.45, 7) is 1.88. The summed E-state index contributed by atoms with van der Waals surface area (Å²) in [7, 11) is 3.66. The number of likely N-dealkylation sites (tertiary alicyclic amines) is 1. The van der Waals surface area contributed by atoms with Gasteiger partial charge in [-0.15, -0.1) is 0 Å². The topological polar surface area (TPSA) is 54.6 Å². The van der Waals surface area contributed by atoms with Gasteiger partial charge in [0, 0.05) is 38.7 Å². The van der Waals surface area contributed by atoms with Crippen LogP contribution in [0.1, 0.15) is 47.2 Å². The third-order valence-electron chi connectivity index (χ3n) is 5.35. The molecule has 1 fully saturated rings. The minimum absolute atomic E-state index is 0.0403. The smallest absolute Gasteiger partial charge is 0.267 e. The molecule has 3 aromatic heterocycles. The van der Waals surface area contributed by atoms with Gasteiger partial charge in [0.25, 0.3) is 5.91 Å². The second-order valence-corrected chi connectivity index (χ2v) is 6.96. The lowest BCUT2D eigenvalue weighted by Gasteiger charge is -2.35. The van der Waals surface area contributed by atoms with Crippen LogP contribution >= 0.6 is 0 Å². The number of nitrogens with one attached hydrogen (secondary N) is 1. The summed E-state index contributed by atoms with van der Waals surface area (Å²) in [5.74, 6) is -0.0403. The Labute approximate surface area is 153 Å². The van der Waals surface area contributed by atoms with Gasteiger partial charge >= 0.3 is 0 Å². The lowest BCUT2D eigenvalue weighted by molar-refractivity contribution is 0.0952. The summed E-state index contributed by atoms with van der Waals surface area (Å²) in [4.78, 5) is 19.3. The highest BCUT2D eigenvalue weighted by atomic mass is 16.1. The van der Waals surface area contributed by atoms with Crippen molar-refractivity contribution in [2.75, 3.05) is 13.6 Å². The number of pyridine rings is 1. The first-order valence-electron chi connectivity index (χ1n) is 9.21. The Bertz CT molecular complexity index is 892. The van der Waals surface area contributed by atoms with Crippen LogP contribution < -0.4 is 5.32 Å². The molecule has 1 amide bonds. The lowest BCUT2D eigenvalue weighted by atomic mass is 9.99. The molecule has 3 aromatic rings. The maximum atomic E-state index is 12.0. The summed E-state index contributed by atoms with van der Waals surface area (Å²) >= 11 is 0. The molecule has 1 atom stereocenters. The maximum absolute atomic E-state index is 12.0. The van der Waals surface area contributed by atoms with Crippen molar-refractivity contribution in [3.05, 3.63) is 59.8 Å². The number of imidazole rings is 1. The number of piperidine rings is 1.